The van der Waals surface area contributed by atoms with Crippen LogP contribution >= 0.6 is 22.9 Å². The zero-order valence-corrected chi connectivity index (χ0v) is 14.7. The van der Waals surface area contributed by atoms with Crippen LogP contribution < -0.4 is 15.0 Å². The van der Waals surface area contributed by atoms with Crippen molar-refractivity contribution in [1.29, 1.82) is 0 Å². The highest BCUT2D eigenvalue weighted by atomic mass is 32.1. The number of nitrogens with zero attached hydrogens (tertiary/aromatic N) is 2. The molecule has 0 saturated carbocycles. The monoisotopic (exact) mass is 398 g/mol. The summed E-state index contributed by atoms with van der Waals surface area (Å²) in [5.74, 6) is 0.246. The van der Waals surface area contributed by atoms with Crippen LogP contribution in [0.25, 0.3) is 25.4 Å². The van der Waals surface area contributed by atoms with Crippen LogP contribution in [0, 0.1) is 0 Å². The number of hydrogen-bond acceptors (Lipinski definition) is 6. The maximum absolute atomic E-state index is 12.6. The zero-order valence-electron chi connectivity index (χ0n) is 13.0. The molecule has 0 spiro atoms. The van der Waals surface area contributed by atoms with E-state index in [9.17, 15) is 18.0 Å². The molecule has 134 valence electrons. The van der Waals surface area contributed by atoms with Gasteiger partial charge in [0.1, 0.15) is 11.5 Å². The quantitative estimate of drug-likeness (QED) is 0.507. The molecule has 0 saturated heterocycles. The molecule has 0 amide bonds. The molecule has 2 aromatic heterocycles. The summed E-state index contributed by atoms with van der Waals surface area (Å²) in [5, 5.41) is 0.868. The van der Waals surface area contributed by atoms with Crippen LogP contribution in [0.2, 0.25) is 0 Å². The standard InChI is InChI=1S/C16H9F3N2O3S2/c1-23-11-4-2-3-9-13(11)26-21(14(9)22)15-20-10-6-5-8(7-12(10)25-15)24-16(17,18)19/h2-7H,1H3. The summed E-state index contributed by atoms with van der Waals surface area (Å²) in [7, 11) is 1.52. The number of alkyl halides is 3. The molecule has 0 aliphatic heterocycles. The number of halogens is 3. The van der Waals surface area contributed by atoms with Crippen LogP contribution in [-0.2, 0) is 0 Å². The third kappa shape index (κ3) is 2.90. The van der Waals surface area contributed by atoms with Crippen LogP contribution in [0.15, 0.2) is 41.2 Å². The van der Waals surface area contributed by atoms with Gasteiger partial charge in [0.15, 0.2) is 0 Å². The van der Waals surface area contributed by atoms with Crippen molar-refractivity contribution in [2.24, 2.45) is 0 Å². The molecule has 0 fully saturated rings. The van der Waals surface area contributed by atoms with Crippen molar-refractivity contribution >= 4 is 43.2 Å². The molecule has 4 aromatic rings. The lowest BCUT2D eigenvalue weighted by Crippen LogP contribution is -2.16. The highest BCUT2D eigenvalue weighted by Crippen LogP contribution is 2.34. The maximum Gasteiger partial charge on any atom is 0.573 e. The first-order chi connectivity index (χ1) is 12.4. The molecule has 5 nitrogen and oxygen atoms in total. The second-order valence-electron chi connectivity index (χ2n) is 5.20. The van der Waals surface area contributed by atoms with Crippen LogP contribution in [0.4, 0.5) is 13.2 Å². The van der Waals surface area contributed by atoms with E-state index in [2.05, 4.69) is 9.72 Å². The Balaban J connectivity index is 1.83. The average Bonchev–Trinajstić information content (AvgIpc) is 3.14. The summed E-state index contributed by atoms with van der Waals surface area (Å²) < 4.78 is 48.9. The minimum Gasteiger partial charge on any atom is -0.495 e. The second-order valence-corrected chi connectivity index (χ2v) is 7.17. The minimum atomic E-state index is -4.76. The van der Waals surface area contributed by atoms with E-state index < -0.39 is 6.36 Å². The van der Waals surface area contributed by atoms with Crippen LogP contribution in [0.3, 0.4) is 0 Å². The lowest BCUT2D eigenvalue weighted by atomic mass is 10.2. The summed E-state index contributed by atoms with van der Waals surface area (Å²) in [6, 6.07) is 9.03. The fourth-order valence-corrected chi connectivity index (χ4v) is 4.59. The van der Waals surface area contributed by atoms with Gasteiger partial charge in [-0.2, -0.15) is 0 Å². The van der Waals surface area contributed by atoms with Crippen molar-refractivity contribution in [3.8, 4) is 16.6 Å². The first-order valence-corrected chi connectivity index (χ1v) is 8.80. The molecule has 0 aliphatic rings. The Morgan fingerprint density at radius 1 is 1.19 bits per heavy atom. The smallest absolute Gasteiger partial charge is 0.495 e. The van der Waals surface area contributed by atoms with Gasteiger partial charge in [-0.15, -0.1) is 13.2 Å². The Bertz CT molecular complexity index is 1180. The molecule has 2 heterocycles. The number of benzene rings is 2. The van der Waals surface area contributed by atoms with Crippen LogP contribution in [-0.4, -0.2) is 22.4 Å². The van der Waals surface area contributed by atoms with Gasteiger partial charge in [0.25, 0.3) is 5.56 Å². The third-order valence-corrected chi connectivity index (χ3v) is 5.80. The zero-order chi connectivity index (χ0) is 18.5. The fraction of sp³-hybridized carbons (Fsp3) is 0.125. The normalized spacial score (nSPS) is 12.0. The van der Waals surface area contributed by atoms with E-state index in [0.29, 0.717) is 31.2 Å². The molecular formula is C16H9F3N2O3S2. The van der Waals surface area contributed by atoms with Crippen molar-refractivity contribution in [2.45, 2.75) is 6.36 Å². The van der Waals surface area contributed by atoms with E-state index in [-0.39, 0.29) is 11.3 Å². The van der Waals surface area contributed by atoms with Crippen LogP contribution in [0.5, 0.6) is 11.5 Å². The van der Waals surface area contributed by atoms with Gasteiger partial charge < -0.3 is 9.47 Å². The summed E-state index contributed by atoms with van der Waals surface area (Å²) in [4.78, 5) is 17.0. The molecule has 0 bridgehead atoms. The van der Waals surface area contributed by atoms with Gasteiger partial charge in [-0.25, -0.2) is 8.94 Å². The van der Waals surface area contributed by atoms with Gasteiger partial charge in [-0.05, 0) is 35.8 Å². The Morgan fingerprint density at radius 2 is 2.00 bits per heavy atom. The predicted octanol–water partition coefficient (Wildman–Crippen LogP) is 4.57. The van der Waals surface area contributed by atoms with Crippen molar-refractivity contribution in [3.05, 3.63) is 46.8 Å². The molecular weight excluding hydrogens is 389 g/mol. The highest BCUT2D eigenvalue weighted by molar-refractivity contribution is 7.23. The number of thiazole rings is 1. The first kappa shape index (κ1) is 16.9. The van der Waals surface area contributed by atoms with Crippen molar-refractivity contribution in [1.82, 2.24) is 8.94 Å². The largest absolute Gasteiger partial charge is 0.573 e. The van der Waals surface area contributed by atoms with E-state index in [1.165, 1.54) is 40.8 Å². The van der Waals surface area contributed by atoms with E-state index in [1.54, 1.807) is 18.2 Å². The van der Waals surface area contributed by atoms with Crippen molar-refractivity contribution in [3.63, 3.8) is 0 Å². The van der Waals surface area contributed by atoms with Gasteiger partial charge in [0, 0.05) is 6.07 Å². The van der Waals surface area contributed by atoms with E-state index in [4.69, 9.17) is 4.74 Å². The number of aromatic nitrogens is 2. The van der Waals surface area contributed by atoms with Gasteiger partial charge in [-0.1, -0.05) is 17.4 Å². The van der Waals surface area contributed by atoms with E-state index >= 15 is 0 Å². The molecule has 26 heavy (non-hydrogen) atoms. The number of hydrogen-bond donors (Lipinski definition) is 0. The Labute approximate surface area is 152 Å². The topological polar surface area (TPSA) is 53.4 Å². The first-order valence-electron chi connectivity index (χ1n) is 7.21. The average molecular weight is 398 g/mol. The number of fused-ring (bicyclic) bond motifs is 2. The van der Waals surface area contributed by atoms with Crippen LogP contribution in [0.1, 0.15) is 0 Å². The molecule has 2 aromatic carbocycles. The fourth-order valence-electron chi connectivity index (χ4n) is 2.48. The second kappa shape index (κ2) is 5.99. The number of methoxy groups -OCH3 is 1. The summed E-state index contributed by atoms with van der Waals surface area (Å²) >= 11 is 2.28. The van der Waals surface area contributed by atoms with Gasteiger partial charge in [0.05, 0.1) is 27.4 Å². The molecule has 0 atom stereocenters. The Hall–Kier alpha value is -2.59. The Kier molecular flexibility index (Phi) is 3.88. The van der Waals surface area contributed by atoms with Gasteiger partial charge >= 0.3 is 6.36 Å². The van der Waals surface area contributed by atoms with Gasteiger partial charge in [-0.3, -0.25) is 4.79 Å². The Morgan fingerprint density at radius 3 is 2.73 bits per heavy atom. The van der Waals surface area contributed by atoms with Crippen molar-refractivity contribution in [2.75, 3.05) is 7.11 Å². The molecule has 10 heteroatoms. The highest BCUT2D eigenvalue weighted by Gasteiger charge is 2.31. The molecule has 0 N–H and O–H groups in total. The maximum atomic E-state index is 12.6. The molecule has 0 radical (unpaired) electrons. The molecule has 0 unspecified atom stereocenters. The summed E-state index contributed by atoms with van der Waals surface area (Å²) in [6.45, 7) is 0. The molecule has 4 rings (SSSR count). The third-order valence-electron chi connectivity index (χ3n) is 3.55. The van der Waals surface area contributed by atoms with Crippen molar-refractivity contribution < 1.29 is 22.6 Å². The number of rotatable bonds is 3. The minimum absolute atomic E-state index is 0.255. The van der Waals surface area contributed by atoms with E-state index in [1.807, 2.05) is 0 Å². The summed E-state index contributed by atoms with van der Waals surface area (Å²) in [5.41, 5.74) is 0.227. The summed E-state index contributed by atoms with van der Waals surface area (Å²) in [6.07, 6.45) is -4.76. The lowest BCUT2D eigenvalue weighted by Gasteiger charge is -2.07. The SMILES string of the molecule is COc1cccc2c(=O)n(-c3nc4ccc(OC(F)(F)F)cc4s3)sc12. The van der Waals surface area contributed by atoms with E-state index in [0.717, 1.165) is 11.3 Å². The number of ether oxygens (including phenoxy) is 2. The molecule has 0 aliphatic carbocycles. The predicted molar refractivity (Wildman–Crippen MR) is 93.8 cm³/mol. The lowest BCUT2D eigenvalue weighted by molar-refractivity contribution is -0.274. The van der Waals surface area contributed by atoms with Gasteiger partial charge in [0.2, 0.25) is 5.13 Å².